The second-order valence-electron chi connectivity index (χ2n) is 3.65. The second kappa shape index (κ2) is 4.15. The number of allylic oxidation sites excluding steroid dienone is 1. The predicted octanol–water partition coefficient (Wildman–Crippen LogP) is 3.56. The van der Waals surface area contributed by atoms with Gasteiger partial charge in [-0.25, -0.2) is 0 Å². The van der Waals surface area contributed by atoms with Crippen LogP contribution in [-0.4, -0.2) is 6.73 Å². The molecule has 0 amide bonds. The van der Waals surface area contributed by atoms with Crippen LogP contribution in [0.5, 0.6) is 0 Å². The fourth-order valence-electron chi connectivity index (χ4n) is 1.62. The molecule has 0 saturated heterocycles. The summed E-state index contributed by atoms with van der Waals surface area (Å²) in [5.74, 6) is 0.938. The predicted molar refractivity (Wildman–Crippen MR) is 63.0 cm³/mol. The Kier molecular flexibility index (Phi) is 2.87. The summed E-state index contributed by atoms with van der Waals surface area (Å²) in [6.07, 6.45) is 2.98. The highest BCUT2D eigenvalue weighted by Crippen LogP contribution is 2.26. The topological polar surface area (TPSA) is 12.5 Å². The fraction of sp³-hybridized carbons (Fsp3) is 0.333. The first-order chi connectivity index (χ1) is 7.19. The quantitative estimate of drug-likeness (QED) is 0.760. The molecule has 0 bridgehead atoms. The summed E-state index contributed by atoms with van der Waals surface area (Å²) in [7, 11) is 0. The Bertz CT molecular complexity index is 401. The van der Waals surface area contributed by atoms with Gasteiger partial charge in [-0.15, -0.1) is 0 Å². The maximum absolute atomic E-state index is 6.06. The van der Waals surface area contributed by atoms with Gasteiger partial charge in [0.2, 0.25) is 0 Å². The smallest absolute Gasteiger partial charge is 0.164 e. The maximum atomic E-state index is 6.06. The van der Waals surface area contributed by atoms with Crippen molar-refractivity contribution in [3.8, 4) is 0 Å². The fourth-order valence-corrected chi connectivity index (χ4v) is 1.87. The first kappa shape index (κ1) is 10.4. The number of hydrogen-bond donors (Lipinski definition) is 0. The lowest BCUT2D eigenvalue weighted by molar-refractivity contribution is 0.247. The SMILES string of the molecule is CCc1cc(Cl)cc(N2C=C(C)OC2)c1. The third-order valence-electron chi connectivity index (χ3n) is 2.45. The molecule has 0 fully saturated rings. The van der Waals surface area contributed by atoms with Gasteiger partial charge >= 0.3 is 0 Å². The monoisotopic (exact) mass is 223 g/mol. The Balaban J connectivity index is 2.32. The maximum Gasteiger partial charge on any atom is 0.164 e. The molecule has 3 heteroatoms. The molecule has 0 saturated carbocycles. The van der Waals surface area contributed by atoms with Crippen LogP contribution in [0.4, 0.5) is 5.69 Å². The van der Waals surface area contributed by atoms with E-state index in [9.17, 15) is 0 Å². The lowest BCUT2D eigenvalue weighted by atomic mass is 10.1. The number of halogens is 1. The highest BCUT2D eigenvalue weighted by molar-refractivity contribution is 6.30. The lowest BCUT2D eigenvalue weighted by Gasteiger charge is -2.15. The molecule has 15 heavy (non-hydrogen) atoms. The van der Waals surface area contributed by atoms with E-state index in [1.54, 1.807) is 0 Å². The molecule has 80 valence electrons. The zero-order valence-electron chi connectivity index (χ0n) is 8.96. The number of hydrogen-bond acceptors (Lipinski definition) is 2. The molecular weight excluding hydrogens is 210 g/mol. The van der Waals surface area contributed by atoms with Gasteiger partial charge in [-0.2, -0.15) is 0 Å². The molecule has 1 aromatic carbocycles. The number of rotatable bonds is 2. The van der Waals surface area contributed by atoms with E-state index in [2.05, 4.69) is 17.9 Å². The number of anilines is 1. The minimum absolute atomic E-state index is 0.579. The van der Waals surface area contributed by atoms with Gasteiger partial charge in [0.05, 0.1) is 0 Å². The van der Waals surface area contributed by atoms with E-state index in [1.807, 2.05) is 25.3 Å². The van der Waals surface area contributed by atoms with Crippen molar-refractivity contribution in [1.82, 2.24) is 0 Å². The normalized spacial score (nSPS) is 15.1. The molecule has 1 aliphatic heterocycles. The third-order valence-corrected chi connectivity index (χ3v) is 2.67. The summed E-state index contributed by atoms with van der Waals surface area (Å²) < 4.78 is 5.38. The minimum atomic E-state index is 0.579. The van der Waals surface area contributed by atoms with Gasteiger partial charge in [-0.3, -0.25) is 0 Å². The molecule has 2 nitrogen and oxygen atoms in total. The van der Waals surface area contributed by atoms with Crippen LogP contribution in [0.2, 0.25) is 5.02 Å². The second-order valence-corrected chi connectivity index (χ2v) is 4.09. The van der Waals surface area contributed by atoms with Gasteiger partial charge in [0.25, 0.3) is 0 Å². The largest absolute Gasteiger partial charge is 0.476 e. The van der Waals surface area contributed by atoms with Crippen molar-refractivity contribution in [2.75, 3.05) is 11.6 Å². The van der Waals surface area contributed by atoms with Crippen molar-refractivity contribution < 1.29 is 4.74 Å². The molecular formula is C12H14ClNO. The van der Waals surface area contributed by atoms with Crippen LogP contribution in [0, 0.1) is 0 Å². The van der Waals surface area contributed by atoms with E-state index in [-0.39, 0.29) is 0 Å². The summed E-state index contributed by atoms with van der Waals surface area (Å²) in [6, 6.07) is 6.10. The van der Waals surface area contributed by atoms with Gasteiger partial charge in [0.15, 0.2) is 6.73 Å². The zero-order chi connectivity index (χ0) is 10.8. The Morgan fingerprint density at radius 2 is 2.20 bits per heavy atom. The summed E-state index contributed by atoms with van der Waals surface area (Å²) in [6.45, 7) is 4.65. The van der Waals surface area contributed by atoms with Crippen molar-refractivity contribution in [2.24, 2.45) is 0 Å². The molecule has 0 atom stereocenters. The van der Waals surface area contributed by atoms with Crippen molar-refractivity contribution >= 4 is 17.3 Å². The summed E-state index contributed by atoms with van der Waals surface area (Å²) in [4.78, 5) is 2.06. The molecule has 0 spiro atoms. The van der Waals surface area contributed by atoms with Gasteiger partial charge in [0, 0.05) is 16.9 Å². The zero-order valence-corrected chi connectivity index (χ0v) is 9.71. The molecule has 0 aromatic heterocycles. The molecule has 1 heterocycles. The molecule has 0 radical (unpaired) electrons. The first-order valence-corrected chi connectivity index (χ1v) is 5.44. The molecule has 0 unspecified atom stereocenters. The van der Waals surface area contributed by atoms with E-state index < -0.39 is 0 Å². The Morgan fingerprint density at radius 1 is 1.40 bits per heavy atom. The van der Waals surface area contributed by atoms with E-state index in [4.69, 9.17) is 16.3 Å². The summed E-state index contributed by atoms with van der Waals surface area (Å²) >= 11 is 6.06. The van der Waals surface area contributed by atoms with E-state index >= 15 is 0 Å². The third kappa shape index (κ3) is 2.26. The lowest BCUT2D eigenvalue weighted by Crippen LogP contribution is -2.13. The first-order valence-electron chi connectivity index (χ1n) is 5.06. The average Bonchev–Trinajstić information content (AvgIpc) is 2.64. The van der Waals surface area contributed by atoms with Crippen LogP contribution < -0.4 is 4.90 Å². The Hall–Kier alpha value is -1.15. The van der Waals surface area contributed by atoms with E-state index in [1.165, 1.54) is 5.56 Å². The standard InChI is InChI=1S/C12H14ClNO/c1-3-10-4-11(13)6-12(5-10)14-7-9(2)15-8-14/h4-7H,3,8H2,1-2H3. The van der Waals surface area contributed by atoms with E-state index in [0.717, 1.165) is 22.9 Å². The minimum Gasteiger partial charge on any atom is -0.476 e. The van der Waals surface area contributed by atoms with Crippen LogP contribution in [-0.2, 0) is 11.2 Å². The summed E-state index contributed by atoms with van der Waals surface area (Å²) in [5.41, 5.74) is 2.34. The van der Waals surface area contributed by atoms with Gasteiger partial charge in [-0.05, 0) is 37.1 Å². The molecule has 1 aromatic rings. The van der Waals surface area contributed by atoms with Gasteiger partial charge in [0.1, 0.15) is 5.76 Å². The van der Waals surface area contributed by atoms with Crippen molar-refractivity contribution in [2.45, 2.75) is 20.3 Å². The highest BCUT2D eigenvalue weighted by atomic mass is 35.5. The van der Waals surface area contributed by atoms with Crippen molar-refractivity contribution in [3.05, 3.63) is 40.7 Å². The van der Waals surface area contributed by atoms with Crippen molar-refractivity contribution in [1.29, 1.82) is 0 Å². The van der Waals surface area contributed by atoms with Crippen molar-refractivity contribution in [3.63, 3.8) is 0 Å². The molecule has 2 rings (SSSR count). The Morgan fingerprint density at radius 3 is 2.80 bits per heavy atom. The van der Waals surface area contributed by atoms with Crippen LogP contribution in [0.25, 0.3) is 0 Å². The highest BCUT2D eigenvalue weighted by Gasteiger charge is 2.12. The van der Waals surface area contributed by atoms with Crippen LogP contribution in [0.3, 0.4) is 0 Å². The van der Waals surface area contributed by atoms with Crippen LogP contribution in [0.15, 0.2) is 30.2 Å². The molecule has 1 aliphatic rings. The van der Waals surface area contributed by atoms with E-state index in [0.29, 0.717) is 6.73 Å². The van der Waals surface area contributed by atoms with Crippen LogP contribution in [0.1, 0.15) is 19.4 Å². The van der Waals surface area contributed by atoms with Crippen LogP contribution >= 0.6 is 11.6 Å². The average molecular weight is 224 g/mol. The number of ether oxygens (including phenoxy) is 1. The molecule has 0 aliphatic carbocycles. The number of benzene rings is 1. The summed E-state index contributed by atoms with van der Waals surface area (Å²) in [5, 5.41) is 0.780. The number of aryl methyl sites for hydroxylation is 1. The number of nitrogens with zero attached hydrogens (tertiary/aromatic N) is 1. The van der Waals surface area contributed by atoms with Gasteiger partial charge in [-0.1, -0.05) is 18.5 Å². The molecule has 0 N–H and O–H groups in total. The Labute approximate surface area is 95.1 Å². The van der Waals surface area contributed by atoms with Gasteiger partial charge < -0.3 is 9.64 Å².